The Kier molecular flexibility index (Phi) is 3.46. The van der Waals surface area contributed by atoms with Crippen LogP contribution in [0.4, 0.5) is 0 Å². The van der Waals surface area contributed by atoms with Gasteiger partial charge in [0.1, 0.15) is 0 Å². The zero-order valence-corrected chi connectivity index (χ0v) is 8.03. The van der Waals surface area contributed by atoms with Crippen LogP contribution in [0.1, 0.15) is 26.7 Å². The summed E-state index contributed by atoms with van der Waals surface area (Å²) < 4.78 is 0. The summed E-state index contributed by atoms with van der Waals surface area (Å²) in [6.07, 6.45) is 4.18. The van der Waals surface area contributed by atoms with Crippen LogP contribution in [0, 0.1) is 0 Å². The van der Waals surface area contributed by atoms with E-state index in [1.807, 2.05) is 24.8 Å². The van der Waals surface area contributed by atoms with Crippen LogP contribution in [0.3, 0.4) is 0 Å². The fourth-order valence-corrected chi connectivity index (χ4v) is 2.45. The normalized spacial score (nSPS) is 32.3. The van der Waals surface area contributed by atoms with E-state index in [1.165, 1.54) is 24.2 Å². The first kappa shape index (κ1) is 9.14. The third-order valence-electron chi connectivity index (χ3n) is 1.96. The molecule has 1 nitrogen and oxygen atoms in total. The van der Waals surface area contributed by atoms with Gasteiger partial charge < -0.3 is 5.11 Å². The second-order valence-electron chi connectivity index (χ2n) is 3.10. The van der Waals surface area contributed by atoms with Crippen molar-refractivity contribution in [3.63, 3.8) is 0 Å². The Balaban J connectivity index is 2.53. The third kappa shape index (κ3) is 2.88. The molecule has 1 saturated heterocycles. The zero-order chi connectivity index (χ0) is 8.27. The summed E-state index contributed by atoms with van der Waals surface area (Å²) in [5.74, 6) is 1.28. The topological polar surface area (TPSA) is 20.2 Å². The van der Waals surface area contributed by atoms with Crippen molar-refractivity contribution in [1.82, 2.24) is 0 Å². The molecule has 1 rings (SSSR count). The second kappa shape index (κ2) is 4.17. The molecule has 1 heterocycles. The molecule has 0 amide bonds. The average Bonchev–Trinajstić information content (AvgIpc) is 1.93. The molecule has 2 atom stereocenters. The Morgan fingerprint density at radius 3 is 3.00 bits per heavy atom. The smallest absolute Gasteiger partial charge is 0.0695 e. The second-order valence-corrected chi connectivity index (χ2v) is 4.55. The van der Waals surface area contributed by atoms with E-state index in [4.69, 9.17) is 5.11 Å². The van der Waals surface area contributed by atoms with Gasteiger partial charge >= 0.3 is 0 Å². The van der Waals surface area contributed by atoms with Crippen LogP contribution in [-0.2, 0) is 0 Å². The van der Waals surface area contributed by atoms with Gasteiger partial charge in [-0.3, -0.25) is 0 Å². The van der Waals surface area contributed by atoms with Gasteiger partial charge in [-0.1, -0.05) is 11.6 Å². The van der Waals surface area contributed by atoms with Crippen molar-refractivity contribution in [2.24, 2.45) is 0 Å². The highest BCUT2D eigenvalue weighted by atomic mass is 32.2. The molecule has 0 aliphatic carbocycles. The van der Waals surface area contributed by atoms with Gasteiger partial charge in [0.15, 0.2) is 0 Å². The van der Waals surface area contributed by atoms with Crippen LogP contribution in [-0.4, -0.2) is 22.2 Å². The average molecular weight is 172 g/mol. The SMILES string of the molecule is CC(O)/C=C1/CCCSC1C. The predicted molar refractivity (Wildman–Crippen MR) is 50.9 cm³/mol. The lowest BCUT2D eigenvalue weighted by Gasteiger charge is -2.21. The molecule has 1 fully saturated rings. The molecule has 1 aliphatic rings. The van der Waals surface area contributed by atoms with Crippen LogP contribution >= 0.6 is 11.8 Å². The van der Waals surface area contributed by atoms with E-state index < -0.39 is 0 Å². The molecule has 0 aromatic heterocycles. The van der Waals surface area contributed by atoms with E-state index in [0.717, 1.165) is 0 Å². The first-order valence-corrected chi connectivity index (χ1v) is 5.25. The quantitative estimate of drug-likeness (QED) is 0.612. The van der Waals surface area contributed by atoms with E-state index in [2.05, 4.69) is 6.92 Å². The Hall–Kier alpha value is 0.0500. The molecular weight excluding hydrogens is 156 g/mol. The van der Waals surface area contributed by atoms with Gasteiger partial charge in [0.2, 0.25) is 0 Å². The molecule has 11 heavy (non-hydrogen) atoms. The highest BCUT2D eigenvalue weighted by molar-refractivity contribution is 8.00. The molecule has 1 aliphatic heterocycles. The summed E-state index contributed by atoms with van der Waals surface area (Å²) in [7, 11) is 0. The highest BCUT2D eigenvalue weighted by Gasteiger charge is 2.14. The number of thioether (sulfide) groups is 1. The fraction of sp³-hybridized carbons (Fsp3) is 0.778. The number of aliphatic hydroxyl groups is 1. The summed E-state index contributed by atoms with van der Waals surface area (Å²) in [6.45, 7) is 4.04. The van der Waals surface area contributed by atoms with Crippen LogP contribution in [0.5, 0.6) is 0 Å². The van der Waals surface area contributed by atoms with Crippen LogP contribution < -0.4 is 0 Å². The molecule has 0 aromatic rings. The van der Waals surface area contributed by atoms with Crippen LogP contribution in [0.15, 0.2) is 11.6 Å². The van der Waals surface area contributed by atoms with E-state index in [1.54, 1.807) is 0 Å². The Bertz CT molecular complexity index is 152. The molecule has 1 N–H and O–H groups in total. The van der Waals surface area contributed by atoms with Crippen molar-refractivity contribution in [3.8, 4) is 0 Å². The van der Waals surface area contributed by atoms with Gasteiger partial charge in [-0.15, -0.1) is 0 Å². The number of hydrogen-bond donors (Lipinski definition) is 1. The van der Waals surface area contributed by atoms with E-state index in [0.29, 0.717) is 5.25 Å². The van der Waals surface area contributed by atoms with E-state index >= 15 is 0 Å². The Morgan fingerprint density at radius 2 is 2.45 bits per heavy atom. The Morgan fingerprint density at radius 1 is 1.73 bits per heavy atom. The maximum Gasteiger partial charge on any atom is 0.0695 e. The summed E-state index contributed by atoms with van der Waals surface area (Å²) in [5, 5.41) is 9.76. The van der Waals surface area contributed by atoms with Crippen molar-refractivity contribution < 1.29 is 5.11 Å². The maximum atomic E-state index is 9.14. The molecular formula is C9H16OS. The molecule has 0 radical (unpaired) electrons. The minimum Gasteiger partial charge on any atom is -0.389 e. The molecule has 0 bridgehead atoms. The van der Waals surface area contributed by atoms with Gasteiger partial charge in [-0.05, 0) is 32.4 Å². The van der Waals surface area contributed by atoms with Crippen molar-refractivity contribution in [2.45, 2.75) is 38.0 Å². The van der Waals surface area contributed by atoms with Gasteiger partial charge in [-0.25, -0.2) is 0 Å². The minimum atomic E-state index is -0.272. The number of rotatable bonds is 1. The van der Waals surface area contributed by atoms with E-state index in [-0.39, 0.29) is 6.10 Å². The zero-order valence-electron chi connectivity index (χ0n) is 7.21. The van der Waals surface area contributed by atoms with Crippen molar-refractivity contribution in [2.75, 3.05) is 5.75 Å². The predicted octanol–water partition coefficient (Wildman–Crippen LogP) is 2.21. The van der Waals surface area contributed by atoms with Crippen molar-refractivity contribution in [3.05, 3.63) is 11.6 Å². The summed E-state index contributed by atoms with van der Waals surface area (Å²) in [6, 6.07) is 0. The lowest BCUT2D eigenvalue weighted by molar-refractivity contribution is 0.242. The van der Waals surface area contributed by atoms with Crippen LogP contribution in [0.25, 0.3) is 0 Å². The highest BCUT2D eigenvalue weighted by Crippen LogP contribution is 2.29. The summed E-state index contributed by atoms with van der Waals surface area (Å²) in [4.78, 5) is 0. The van der Waals surface area contributed by atoms with Gasteiger partial charge in [0.05, 0.1) is 6.10 Å². The lowest BCUT2D eigenvalue weighted by atomic mass is 10.1. The maximum absolute atomic E-state index is 9.14. The van der Waals surface area contributed by atoms with Gasteiger partial charge in [-0.2, -0.15) is 11.8 Å². The third-order valence-corrected chi connectivity index (χ3v) is 3.28. The fourth-order valence-electron chi connectivity index (χ4n) is 1.38. The number of hydrogen-bond acceptors (Lipinski definition) is 2. The molecule has 0 spiro atoms. The summed E-state index contributed by atoms with van der Waals surface area (Å²) in [5.41, 5.74) is 1.43. The van der Waals surface area contributed by atoms with E-state index in [9.17, 15) is 0 Å². The van der Waals surface area contributed by atoms with Crippen molar-refractivity contribution in [1.29, 1.82) is 0 Å². The Labute approximate surface area is 72.9 Å². The summed E-state index contributed by atoms with van der Waals surface area (Å²) >= 11 is 1.99. The lowest BCUT2D eigenvalue weighted by Crippen LogP contribution is -2.11. The largest absolute Gasteiger partial charge is 0.389 e. The molecule has 0 saturated carbocycles. The standard InChI is InChI=1S/C9H16OS/c1-7(10)6-9-4-3-5-11-8(9)2/h6-8,10H,3-5H2,1-2H3/b9-6-. The molecule has 0 aromatic carbocycles. The monoisotopic (exact) mass is 172 g/mol. The molecule has 64 valence electrons. The van der Waals surface area contributed by atoms with Gasteiger partial charge in [0, 0.05) is 5.25 Å². The van der Waals surface area contributed by atoms with Gasteiger partial charge in [0.25, 0.3) is 0 Å². The number of aliphatic hydroxyl groups excluding tert-OH is 1. The molecule has 2 heteroatoms. The minimum absolute atomic E-state index is 0.272. The molecule has 2 unspecified atom stereocenters. The van der Waals surface area contributed by atoms with Crippen LogP contribution in [0.2, 0.25) is 0 Å². The van der Waals surface area contributed by atoms with Crippen molar-refractivity contribution >= 4 is 11.8 Å². The first-order valence-electron chi connectivity index (χ1n) is 4.20. The first-order chi connectivity index (χ1) is 5.20.